The first kappa shape index (κ1) is 25.4. The van der Waals surface area contributed by atoms with Crippen molar-refractivity contribution >= 4 is 21.6 Å². The highest BCUT2D eigenvalue weighted by atomic mass is 32.2. The molecule has 2 aromatic heterocycles. The molecule has 1 amide bonds. The van der Waals surface area contributed by atoms with Crippen LogP contribution in [0, 0.1) is 13.8 Å². The molecule has 0 N–H and O–H groups in total. The zero-order chi connectivity index (χ0) is 24.9. The summed E-state index contributed by atoms with van der Waals surface area (Å²) in [4.78, 5) is 23.6. The molecule has 0 fully saturated rings. The smallest absolute Gasteiger partial charge is 0.282 e. The Labute approximate surface area is 202 Å². The number of aryl methyl sites for hydroxylation is 2. The van der Waals surface area contributed by atoms with Crippen LogP contribution < -0.4 is 4.31 Å². The van der Waals surface area contributed by atoms with Crippen molar-refractivity contribution in [3.05, 3.63) is 83.3 Å². The topological polar surface area (TPSA) is 83.5 Å². The van der Waals surface area contributed by atoms with E-state index in [9.17, 15) is 13.2 Å². The number of likely N-dealkylation sites (N-methyl/N-ethyl adjacent to an activating group) is 1. The standard InChI is InChI=1S/C26H32N4O3S/c1-6-29(17-23-11-8-10-21(5)28-23)26(31)18-30(24-12-7-9-20(4)15-24)34(32,33)25-14-13-22(16-27-25)19(2)3/h7-16,19H,6,17-18H2,1-5H3. The van der Waals surface area contributed by atoms with Crippen LogP contribution in [0.2, 0.25) is 0 Å². The Morgan fingerprint density at radius 2 is 1.76 bits per heavy atom. The highest BCUT2D eigenvalue weighted by Crippen LogP contribution is 2.25. The van der Waals surface area contributed by atoms with Gasteiger partial charge in [-0.1, -0.05) is 38.1 Å². The van der Waals surface area contributed by atoms with Crippen LogP contribution in [-0.4, -0.2) is 42.3 Å². The summed E-state index contributed by atoms with van der Waals surface area (Å²) in [6.45, 7) is 10.1. The van der Waals surface area contributed by atoms with Gasteiger partial charge in [-0.25, -0.2) is 4.98 Å². The molecule has 0 unspecified atom stereocenters. The molecule has 0 bridgehead atoms. The molecule has 34 heavy (non-hydrogen) atoms. The summed E-state index contributed by atoms with van der Waals surface area (Å²) in [6, 6.07) is 16.0. The van der Waals surface area contributed by atoms with Gasteiger partial charge in [-0.15, -0.1) is 0 Å². The predicted octanol–water partition coefficient (Wildman–Crippen LogP) is 4.46. The van der Waals surface area contributed by atoms with E-state index in [1.54, 1.807) is 35.4 Å². The number of pyridine rings is 2. The van der Waals surface area contributed by atoms with Gasteiger partial charge in [0, 0.05) is 18.4 Å². The Morgan fingerprint density at radius 1 is 1.03 bits per heavy atom. The molecule has 3 rings (SSSR count). The predicted molar refractivity (Wildman–Crippen MR) is 134 cm³/mol. The lowest BCUT2D eigenvalue weighted by atomic mass is 10.1. The van der Waals surface area contributed by atoms with Gasteiger partial charge in [0.15, 0.2) is 5.03 Å². The third-order valence-corrected chi connectivity index (χ3v) is 7.27. The summed E-state index contributed by atoms with van der Waals surface area (Å²) in [5.74, 6) is -0.0817. The number of benzene rings is 1. The van der Waals surface area contributed by atoms with E-state index in [1.165, 1.54) is 6.07 Å². The summed E-state index contributed by atoms with van der Waals surface area (Å²) in [5, 5.41) is -0.0883. The number of aromatic nitrogens is 2. The Morgan fingerprint density at radius 3 is 2.35 bits per heavy atom. The fourth-order valence-corrected chi connectivity index (χ4v) is 4.90. The second-order valence-electron chi connectivity index (χ2n) is 8.61. The molecule has 0 saturated heterocycles. The minimum Gasteiger partial charge on any atom is -0.336 e. The van der Waals surface area contributed by atoms with E-state index < -0.39 is 10.0 Å². The number of sulfonamides is 1. The molecule has 0 saturated carbocycles. The van der Waals surface area contributed by atoms with E-state index in [4.69, 9.17) is 0 Å². The van der Waals surface area contributed by atoms with Crippen LogP contribution >= 0.6 is 0 Å². The molecule has 0 spiro atoms. The van der Waals surface area contributed by atoms with E-state index >= 15 is 0 Å². The van der Waals surface area contributed by atoms with Crippen molar-refractivity contribution < 1.29 is 13.2 Å². The molecule has 180 valence electrons. The summed E-state index contributed by atoms with van der Waals surface area (Å²) in [6.07, 6.45) is 1.58. The van der Waals surface area contributed by atoms with Gasteiger partial charge in [0.2, 0.25) is 5.91 Å². The molecule has 7 nitrogen and oxygen atoms in total. The van der Waals surface area contributed by atoms with Crippen molar-refractivity contribution in [3.63, 3.8) is 0 Å². The fraction of sp³-hybridized carbons (Fsp3) is 0.346. The monoisotopic (exact) mass is 480 g/mol. The molecule has 8 heteroatoms. The SMILES string of the molecule is CCN(Cc1cccc(C)n1)C(=O)CN(c1cccc(C)c1)S(=O)(=O)c1ccc(C(C)C)cn1. The average molecular weight is 481 g/mol. The summed E-state index contributed by atoms with van der Waals surface area (Å²) >= 11 is 0. The summed E-state index contributed by atoms with van der Waals surface area (Å²) in [7, 11) is -4.07. The maximum Gasteiger partial charge on any atom is 0.282 e. The highest BCUT2D eigenvalue weighted by molar-refractivity contribution is 7.92. The third-order valence-electron chi connectivity index (χ3n) is 5.58. The van der Waals surface area contributed by atoms with Crippen LogP contribution in [0.1, 0.15) is 49.2 Å². The molecule has 0 atom stereocenters. The first-order chi connectivity index (χ1) is 16.1. The third kappa shape index (κ3) is 5.99. The molecule has 2 heterocycles. The Kier molecular flexibility index (Phi) is 8.04. The number of rotatable bonds is 9. The van der Waals surface area contributed by atoms with Gasteiger partial charge in [0.25, 0.3) is 10.0 Å². The van der Waals surface area contributed by atoms with Gasteiger partial charge in [0.1, 0.15) is 6.54 Å². The molecule has 1 aromatic carbocycles. The number of nitrogens with zero attached hydrogens (tertiary/aromatic N) is 4. The van der Waals surface area contributed by atoms with E-state index in [2.05, 4.69) is 9.97 Å². The largest absolute Gasteiger partial charge is 0.336 e. The molecule has 0 aliphatic heterocycles. The lowest BCUT2D eigenvalue weighted by molar-refractivity contribution is -0.130. The number of carbonyl (C=O) groups excluding carboxylic acids is 1. The number of hydrogen-bond donors (Lipinski definition) is 0. The van der Waals surface area contributed by atoms with Gasteiger partial charge in [-0.05, 0) is 68.1 Å². The van der Waals surface area contributed by atoms with Crippen LogP contribution in [0.5, 0.6) is 0 Å². The maximum absolute atomic E-state index is 13.7. The Hall–Kier alpha value is -3.26. The zero-order valence-electron chi connectivity index (χ0n) is 20.4. The Balaban J connectivity index is 1.95. The van der Waals surface area contributed by atoms with E-state index in [-0.39, 0.29) is 23.4 Å². The molecular weight excluding hydrogens is 448 g/mol. The molecular formula is C26H32N4O3S. The van der Waals surface area contributed by atoms with Crippen LogP contribution in [0.15, 0.2) is 65.8 Å². The number of anilines is 1. The normalized spacial score (nSPS) is 11.5. The lowest BCUT2D eigenvalue weighted by Crippen LogP contribution is -2.43. The summed E-state index contributed by atoms with van der Waals surface area (Å²) in [5.41, 5.74) is 3.88. The second kappa shape index (κ2) is 10.8. The first-order valence-electron chi connectivity index (χ1n) is 11.4. The minimum atomic E-state index is -4.07. The van der Waals surface area contributed by atoms with Gasteiger partial charge < -0.3 is 4.90 Å². The molecule has 0 radical (unpaired) electrons. The van der Waals surface area contributed by atoms with E-state index in [0.717, 1.165) is 26.8 Å². The lowest BCUT2D eigenvalue weighted by Gasteiger charge is -2.28. The average Bonchev–Trinajstić information content (AvgIpc) is 2.80. The molecule has 0 aliphatic rings. The number of carbonyl (C=O) groups is 1. The highest BCUT2D eigenvalue weighted by Gasteiger charge is 2.30. The molecule has 0 aliphatic carbocycles. The van der Waals surface area contributed by atoms with Crippen molar-refractivity contribution in [2.24, 2.45) is 0 Å². The first-order valence-corrected chi connectivity index (χ1v) is 12.8. The van der Waals surface area contributed by atoms with Gasteiger partial charge in [0.05, 0.1) is 17.9 Å². The van der Waals surface area contributed by atoms with Gasteiger partial charge in [-0.3, -0.25) is 14.1 Å². The van der Waals surface area contributed by atoms with E-state index in [0.29, 0.717) is 18.8 Å². The summed E-state index contributed by atoms with van der Waals surface area (Å²) < 4.78 is 28.5. The van der Waals surface area contributed by atoms with Crippen molar-refractivity contribution in [1.29, 1.82) is 0 Å². The van der Waals surface area contributed by atoms with Gasteiger partial charge >= 0.3 is 0 Å². The van der Waals surface area contributed by atoms with Crippen molar-refractivity contribution in [1.82, 2.24) is 14.9 Å². The van der Waals surface area contributed by atoms with E-state index in [1.807, 2.05) is 58.9 Å². The van der Waals surface area contributed by atoms with Crippen molar-refractivity contribution in [2.45, 2.75) is 52.1 Å². The minimum absolute atomic E-state index is 0.0883. The quantitative estimate of drug-likeness (QED) is 0.451. The number of hydrogen-bond acceptors (Lipinski definition) is 5. The van der Waals surface area contributed by atoms with Crippen molar-refractivity contribution in [2.75, 3.05) is 17.4 Å². The van der Waals surface area contributed by atoms with Crippen LogP contribution in [0.3, 0.4) is 0 Å². The van der Waals surface area contributed by atoms with Crippen LogP contribution in [0.4, 0.5) is 5.69 Å². The van der Waals surface area contributed by atoms with Crippen molar-refractivity contribution in [3.8, 4) is 0 Å². The molecule has 3 aromatic rings. The maximum atomic E-state index is 13.7. The van der Waals surface area contributed by atoms with Crippen LogP contribution in [0.25, 0.3) is 0 Å². The van der Waals surface area contributed by atoms with Crippen LogP contribution in [-0.2, 0) is 21.4 Å². The zero-order valence-corrected chi connectivity index (χ0v) is 21.2. The number of amides is 1. The Bertz CT molecular complexity index is 1240. The van der Waals surface area contributed by atoms with Gasteiger partial charge in [-0.2, -0.15) is 8.42 Å². The second-order valence-corrected chi connectivity index (χ2v) is 10.4. The fourth-order valence-electron chi connectivity index (χ4n) is 3.58.